The summed E-state index contributed by atoms with van der Waals surface area (Å²) in [5.74, 6) is 0.961. The maximum atomic E-state index is 12.5. The molecule has 0 aromatic rings. The summed E-state index contributed by atoms with van der Waals surface area (Å²) in [4.78, 5) is 23.9. The molecule has 0 saturated carbocycles. The van der Waals surface area contributed by atoms with Crippen LogP contribution in [0.1, 0.15) is 46.5 Å². The second-order valence-electron chi connectivity index (χ2n) is 6.24. The quantitative estimate of drug-likeness (QED) is 0.584. The Hall–Kier alpha value is -1.44. The fourth-order valence-electron chi connectivity index (χ4n) is 2.85. The van der Waals surface area contributed by atoms with Gasteiger partial charge in [0.2, 0.25) is 0 Å². The summed E-state index contributed by atoms with van der Waals surface area (Å²) in [5.41, 5.74) is 0. The lowest BCUT2D eigenvalue weighted by atomic mass is 9.80. The fourth-order valence-corrected chi connectivity index (χ4v) is 2.85. The van der Waals surface area contributed by atoms with Gasteiger partial charge in [-0.3, -0.25) is 9.59 Å². The normalized spacial score (nSPS) is 21.6. The Morgan fingerprint density at radius 1 is 1.19 bits per heavy atom. The van der Waals surface area contributed by atoms with E-state index < -0.39 is 0 Å². The Bertz CT molecular complexity index is 431. The Morgan fingerprint density at radius 3 is 2.43 bits per heavy atom. The van der Waals surface area contributed by atoms with Crippen molar-refractivity contribution in [3.63, 3.8) is 0 Å². The summed E-state index contributed by atoms with van der Waals surface area (Å²) in [6, 6.07) is 0. The molecular weight excluding hydrogens is 260 g/mol. The van der Waals surface area contributed by atoms with Gasteiger partial charge >= 0.3 is 0 Å². The van der Waals surface area contributed by atoms with Crippen molar-refractivity contribution in [2.75, 3.05) is 0 Å². The smallest absolute Gasteiger partial charge is 0.157 e. The minimum absolute atomic E-state index is 0.0219. The highest BCUT2D eigenvalue weighted by atomic mass is 16.1. The number of allylic oxidation sites excluding steroid dienone is 5. The number of hydrogen-bond donors (Lipinski definition) is 0. The molecule has 0 aromatic carbocycles. The summed E-state index contributed by atoms with van der Waals surface area (Å²) in [6.07, 6.45) is 13.3. The number of ketones is 2. The molecule has 116 valence electrons. The van der Waals surface area contributed by atoms with E-state index in [1.165, 1.54) is 6.08 Å². The van der Waals surface area contributed by atoms with Crippen molar-refractivity contribution in [2.45, 2.75) is 46.5 Å². The van der Waals surface area contributed by atoms with Gasteiger partial charge in [-0.2, -0.15) is 0 Å². The Morgan fingerprint density at radius 2 is 1.86 bits per heavy atom. The molecule has 1 aliphatic rings. The van der Waals surface area contributed by atoms with E-state index in [4.69, 9.17) is 0 Å². The number of rotatable bonds is 9. The van der Waals surface area contributed by atoms with Crippen LogP contribution in [0.3, 0.4) is 0 Å². The highest BCUT2D eigenvalue weighted by Gasteiger charge is 2.25. The van der Waals surface area contributed by atoms with Gasteiger partial charge < -0.3 is 0 Å². The summed E-state index contributed by atoms with van der Waals surface area (Å²) in [6.45, 7) is 9.49. The third-order valence-corrected chi connectivity index (χ3v) is 4.55. The number of carbonyl (C=O) groups is 2. The number of carbonyl (C=O) groups excluding carboxylic acids is 2. The second-order valence-corrected chi connectivity index (χ2v) is 6.24. The van der Waals surface area contributed by atoms with Crippen molar-refractivity contribution < 1.29 is 9.59 Å². The summed E-state index contributed by atoms with van der Waals surface area (Å²) < 4.78 is 0. The molecule has 0 aromatic heterocycles. The summed E-state index contributed by atoms with van der Waals surface area (Å²) >= 11 is 0. The van der Waals surface area contributed by atoms with Crippen molar-refractivity contribution in [2.24, 2.45) is 23.7 Å². The van der Waals surface area contributed by atoms with E-state index >= 15 is 0 Å². The number of hydrogen-bond acceptors (Lipinski definition) is 2. The SMILES string of the molecule is C=CC(=O)C(C)CCCC(C)C(=O)C(C)C1C=CC=CC1. The average molecular weight is 288 g/mol. The van der Waals surface area contributed by atoms with E-state index in [0.717, 1.165) is 25.7 Å². The van der Waals surface area contributed by atoms with Crippen LogP contribution < -0.4 is 0 Å². The zero-order valence-corrected chi connectivity index (χ0v) is 13.5. The summed E-state index contributed by atoms with van der Waals surface area (Å²) in [7, 11) is 0. The van der Waals surface area contributed by atoms with Crippen LogP contribution in [0.4, 0.5) is 0 Å². The minimum Gasteiger partial charge on any atom is -0.299 e. The van der Waals surface area contributed by atoms with Crippen LogP contribution in [0.15, 0.2) is 37.0 Å². The predicted octanol–water partition coefficient (Wildman–Crippen LogP) is 4.52. The van der Waals surface area contributed by atoms with Gasteiger partial charge in [-0.05, 0) is 31.3 Å². The zero-order chi connectivity index (χ0) is 15.8. The molecule has 2 nitrogen and oxygen atoms in total. The fraction of sp³-hybridized carbons (Fsp3) is 0.579. The molecule has 2 heteroatoms. The van der Waals surface area contributed by atoms with Gasteiger partial charge in [-0.1, -0.05) is 58.1 Å². The molecule has 0 spiro atoms. The third-order valence-electron chi connectivity index (χ3n) is 4.55. The first-order chi connectivity index (χ1) is 9.97. The highest BCUT2D eigenvalue weighted by Crippen LogP contribution is 2.26. The van der Waals surface area contributed by atoms with E-state index in [2.05, 4.69) is 18.7 Å². The molecule has 0 radical (unpaired) electrons. The van der Waals surface area contributed by atoms with E-state index in [1.54, 1.807) is 0 Å². The van der Waals surface area contributed by atoms with Crippen LogP contribution in [-0.2, 0) is 9.59 Å². The van der Waals surface area contributed by atoms with Gasteiger partial charge in [0.1, 0.15) is 5.78 Å². The van der Waals surface area contributed by atoms with Gasteiger partial charge in [-0.15, -0.1) is 0 Å². The summed E-state index contributed by atoms with van der Waals surface area (Å²) in [5, 5.41) is 0. The van der Waals surface area contributed by atoms with Crippen LogP contribution in [0.5, 0.6) is 0 Å². The van der Waals surface area contributed by atoms with Gasteiger partial charge in [0, 0.05) is 17.8 Å². The second kappa shape index (κ2) is 8.76. The lowest BCUT2D eigenvalue weighted by Gasteiger charge is -2.23. The largest absolute Gasteiger partial charge is 0.299 e. The molecule has 4 unspecified atom stereocenters. The van der Waals surface area contributed by atoms with Crippen LogP contribution in [0.25, 0.3) is 0 Å². The van der Waals surface area contributed by atoms with Crippen molar-refractivity contribution in [1.29, 1.82) is 0 Å². The van der Waals surface area contributed by atoms with Crippen molar-refractivity contribution >= 4 is 11.6 Å². The Balaban J connectivity index is 2.37. The molecule has 0 bridgehead atoms. The Kier molecular flexibility index (Phi) is 7.35. The first kappa shape index (κ1) is 17.6. The lowest BCUT2D eigenvalue weighted by molar-refractivity contribution is -0.127. The third kappa shape index (κ3) is 5.45. The molecular formula is C19H28O2. The monoisotopic (exact) mass is 288 g/mol. The van der Waals surface area contributed by atoms with E-state index in [0.29, 0.717) is 11.7 Å². The topological polar surface area (TPSA) is 34.1 Å². The van der Waals surface area contributed by atoms with Crippen LogP contribution in [-0.4, -0.2) is 11.6 Å². The van der Waals surface area contributed by atoms with E-state index in [-0.39, 0.29) is 23.5 Å². The first-order valence-electron chi connectivity index (χ1n) is 8.00. The number of Topliss-reactive ketones (excluding diaryl/α,β-unsaturated/α-hetero) is 1. The van der Waals surface area contributed by atoms with Gasteiger partial charge in [0.05, 0.1) is 0 Å². The highest BCUT2D eigenvalue weighted by molar-refractivity contribution is 5.90. The molecule has 0 N–H and O–H groups in total. The van der Waals surface area contributed by atoms with E-state index in [1.807, 2.05) is 32.9 Å². The maximum absolute atomic E-state index is 12.5. The van der Waals surface area contributed by atoms with Crippen molar-refractivity contribution in [3.8, 4) is 0 Å². The van der Waals surface area contributed by atoms with Crippen LogP contribution in [0, 0.1) is 23.7 Å². The van der Waals surface area contributed by atoms with Crippen LogP contribution >= 0.6 is 0 Å². The predicted molar refractivity (Wildman–Crippen MR) is 87.9 cm³/mol. The Labute approximate surface area is 129 Å². The molecule has 0 heterocycles. The molecule has 0 aliphatic heterocycles. The van der Waals surface area contributed by atoms with Crippen molar-refractivity contribution in [1.82, 2.24) is 0 Å². The van der Waals surface area contributed by atoms with Crippen molar-refractivity contribution in [3.05, 3.63) is 37.0 Å². The zero-order valence-electron chi connectivity index (χ0n) is 13.5. The maximum Gasteiger partial charge on any atom is 0.157 e. The molecule has 0 saturated heterocycles. The van der Waals surface area contributed by atoms with Gasteiger partial charge in [-0.25, -0.2) is 0 Å². The van der Waals surface area contributed by atoms with Crippen LogP contribution in [0.2, 0.25) is 0 Å². The van der Waals surface area contributed by atoms with E-state index in [9.17, 15) is 9.59 Å². The molecule has 4 atom stereocenters. The first-order valence-corrected chi connectivity index (χ1v) is 8.00. The molecule has 1 rings (SSSR count). The molecule has 1 aliphatic carbocycles. The minimum atomic E-state index is 0.0219. The molecule has 0 amide bonds. The van der Waals surface area contributed by atoms with Gasteiger partial charge in [0.25, 0.3) is 0 Å². The lowest BCUT2D eigenvalue weighted by Crippen LogP contribution is -2.25. The molecule has 0 fully saturated rings. The standard InChI is InChI=1S/C19H28O2/c1-5-18(20)14(2)10-9-11-15(3)19(21)16(4)17-12-7-6-8-13-17/h5-8,12,14-17H,1,9-11,13H2,2-4H3. The average Bonchev–Trinajstić information content (AvgIpc) is 2.53. The van der Waals surface area contributed by atoms with Gasteiger partial charge in [0.15, 0.2) is 5.78 Å². The molecule has 21 heavy (non-hydrogen) atoms.